The number of methoxy groups -OCH3 is 2. The van der Waals surface area contributed by atoms with Crippen LogP contribution in [0.3, 0.4) is 0 Å². The molecule has 8 aliphatic carbocycles. The number of nitrogens with one attached hydrogen (secondary N) is 8. The molecule has 10 rings (SSSR count). The third-order valence-electron chi connectivity index (χ3n) is 30.6. The zero-order chi connectivity index (χ0) is 110. The Morgan fingerprint density at radius 3 is 0.952 bits per heavy atom. The second-order valence-corrected chi connectivity index (χ2v) is 48.4. The zero-order valence-electron chi connectivity index (χ0n) is 97.5. The molecule has 26 nitrogen and oxygen atoms in total. The molecule has 2 aromatic carbocycles. The van der Waals surface area contributed by atoms with Gasteiger partial charge >= 0.3 is 48.7 Å². The first kappa shape index (κ1) is 132. The quantitative estimate of drug-likeness (QED) is 0.0197. The number of ether oxygens (including phenoxy) is 10. The minimum atomic E-state index is -0.408. The highest BCUT2D eigenvalue weighted by molar-refractivity contribution is 5.87. The van der Waals surface area contributed by atoms with Gasteiger partial charge in [0.2, 0.25) is 0 Å². The molecule has 0 aromatic heterocycles. The Morgan fingerprint density at radius 1 is 0.336 bits per heavy atom. The minimum absolute atomic E-state index is 0.00722. The Balaban J connectivity index is 0.000000429. The maximum atomic E-state index is 12.2. The van der Waals surface area contributed by atoms with Gasteiger partial charge in [0.05, 0.1) is 25.6 Å². The lowest BCUT2D eigenvalue weighted by molar-refractivity contribution is -0.0111. The molecule has 23 atom stereocenters. The Hall–Kier alpha value is -8.32. The maximum absolute atomic E-state index is 12.2. The van der Waals surface area contributed by atoms with Crippen LogP contribution in [0.1, 0.15) is 413 Å². The molecule has 0 heterocycles. The lowest BCUT2D eigenvalue weighted by Crippen LogP contribution is -2.41. The van der Waals surface area contributed by atoms with Crippen molar-refractivity contribution in [1.29, 1.82) is 0 Å². The summed E-state index contributed by atoms with van der Waals surface area (Å²) in [5.74, 6) is 8.69. The van der Waals surface area contributed by atoms with E-state index in [0.29, 0.717) is 135 Å². The molecular weight excluding hydrogens is 1840 g/mol. The number of rotatable bonds is 31. The summed E-state index contributed by atoms with van der Waals surface area (Å²) in [4.78, 5) is 94.0. The second-order valence-electron chi connectivity index (χ2n) is 48.4. The SMILES string of the molecule is C=C(C)C1CCC(C)CC1OC(=O)NCC.C=C(C)C1CCC(C)CC1OC(=O)NCCCC.CCC(C)NC(=O)OC1CC(C)CC(C)(C)C1.CCCCCCNC(=O)OC1CC(C)CC(C)(C)C1.CCCCNC(=O)OC1C(C)CCC(C)C1C.CCCCNC(=O)OC1CC(C)CC(C)(C)C1.COc1ccccc1NC(=O)OC1C(C)CCC(C)C1C.COc1ccccc1NC(=O)OC1CC(C)CC(C)(C)C1. The van der Waals surface area contributed by atoms with Crippen molar-refractivity contribution < 1.29 is 85.7 Å². The Morgan fingerprint density at radius 2 is 0.630 bits per heavy atom. The number of benzene rings is 2. The highest BCUT2D eigenvalue weighted by Crippen LogP contribution is 2.46. The van der Waals surface area contributed by atoms with Gasteiger partial charge in [0.15, 0.2) is 0 Å². The summed E-state index contributed by atoms with van der Waals surface area (Å²) in [6.07, 6.45) is 33.8. The summed E-state index contributed by atoms with van der Waals surface area (Å²) in [7, 11) is 3.16. The van der Waals surface area contributed by atoms with Gasteiger partial charge in [-0.2, -0.15) is 0 Å². The standard InChI is InChI=1S/2C17H25NO3.C16H31NO2.C15H27NO2.3C14H27NO2.C13H23NO2/c1-12-9-13(11-17(2,3)10-12)21-16(19)18-14-7-5-6-8-15(14)20-4;1-11-9-10-12(2)16(13(11)3)21-17(19)18-14-7-5-6-8-15(14)20-4;1-5-6-7-8-9-17-15(18)19-14-10-13(2)11-16(3,4)12-14;1-5-6-9-16-15(17)18-14-10-12(4)7-8-13(14)11(2)3;1-6-11(3)15-13(16)17-12-7-10(2)8-14(4,5)9-12;1-5-6-9-15-14(16)17-13-11(3)8-7-10(2)12(13)4;1-5-6-7-15-13(16)17-12-8-11(2)9-14(3,4)10-12;1-5-14-13(15)16-12-8-10(4)6-7-11(12)9(2)3/h5-8,12-13H,9-11H2,1-4H3,(H,18,19);5-8,11-13,16H,9-10H2,1-4H3,(H,18,19);13-14H,5-12H2,1-4H3,(H,17,18);12-14H,2,5-10H2,1,3-4H3,(H,16,17);10-12H,6-9H2,1-5H3,(H,15,16);10-13H,5-9H2,1-4H3,(H,15,16);11-12H,5-10H2,1-4H3,(H,15,16);10-12H,2,5-8H2,1,3-4H3,(H,14,15). The van der Waals surface area contributed by atoms with Crippen LogP contribution in [0.5, 0.6) is 11.5 Å². The lowest BCUT2D eigenvalue weighted by Gasteiger charge is -2.38. The van der Waals surface area contributed by atoms with E-state index in [1.54, 1.807) is 32.4 Å². The lowest BCUT2D eigenvalue weighted by atomic mass is 9.71. The molecule has 0 aliphatic heterocycles. The van der Waals surface area contributed by atoms with Crippen molar-refractivity contribution in [2.75, 3.05) is 57.6 Å². The predicted octanol–water partition coefficient (Wildman–Crippen LogP) is 31.3. The van der Waals surface area contributed by atoms with Gasteiger partial charge < -0.3 is 79.3 Å². The Bertz CT molecular complexity index is 4060. The number of carbonyl (C=O) groups is 8. The first-order chi connectivity index (χ1) is 68.7. The summed E-state index contributed by atoms with van der Waals surface area (Å²) in [6.45, 7) is 74.6. The van der Waals surface area contributed by atoms with Crippen LogP contribution < -0.4 is 52.0 Å². The third-order valence-corrected chi connectivity index (χ3v) is 30.6. The van der Waals surface area contributed by atoms with Gasteiger partial charge in [0.1, 0.15) is 60.3 Å². The predicted molar refractivity (Wildman–Crippen MR) is 596 cm³/mol. The second kappa shape index (κ2) is 69.2. The molecule has 0 bridgehead atoms. The molecule has 0 radical (unpaired) electrons. The monoisotopic (exact) mass is 2050 g/mol. The van der Waals surface area contributed by atoms with Crippen molar-refractivity contribution in [3.8, 4) is 11.5 Å². The van der Waals surface area contributed by atoms with Crippen LogP contribution in [0.15, 0.2) is 72.8 Å². The number of carbonyl (C=O) groups excluding carboxylic acids is 8. The first-order valence-corrected chi connectivity index (χ1v) is 57.0. The third kappa shape index (κ3) is 54.4. The van der Waals surface area contributed by atoms with Crippen LogP contribution in [0.4, 0.5) is 49.7 Å². The van der Waals surface area contributed by atoms with Crippen LogP contribution in [0.25, 0.3) is 0 Å². The van der Waals surface area contributed by atoms with E-state index in [9.17, 15) is 38.4 Å². The fourth-order valence-electron chi connectivity index (χ4n) is 22.9. The minimum Gasteiger partial charge on any atom is -0.495 e. The van der Waals surface area contributed by atoms with E-state index in [-0.39, 0.29) is 96.8 Å². The van der Waals surface area contributed by atoms with Gasteiger partial charge in [-0.25, -0.2) is 38.4 Å². The number of alkyl carbamates (subject to hydrolysis) is 6. The summed E-state index contributed by atoms with van der Waals surface area (Å²) in [6, 6.07) is 14.8. The highest BCUT2D eigenvalue weighted by Gasteiger charge is 2.42. The molecule has 840 valence electrons. The van der Waals surface area contributed by atoms with Crippen LogP contribution in [0, 0.1) is 105 Å². The molecule has 8 N–H and O–H groups in total. The van der Waals surface area contributed by atoms with Gasteiger partial charge in [-0.05, 0) is 318 Å². The number of amides is 8. The molecule has 8 fully saturated rings. The van der Waals surface area contributed by atoms with Crippen molar-refractivity contribution >= 4 is 60.1 Å². The van der Waals surface area contributed by atoms with Crippen molar-refractivity contribution in [3.63, 3.8) is 0 Å². The number of unbranched alkanes of at least 4 members (excludes halogenated alkanes) is 6. The number of hydrogen-bond donors (Lipinski definition) is 8. The summed E-state index contributed by atoms with van der Waals surface area (Å²) < 4.78 is 54.9. The van der Waals surface area contributed by atoms with Crippen LogP contribution in [-0.2, 0) is 37.9 Å². The van der Waals surface area contributed by atoms with Crippen molar-refractivity contribution in [3.05, 3.63) is 72.8 Å². The van der Waals surface area contributed by atoms with Crippen molar-refractivity contribution in [2.24, 2.45) is 105 Å². The number of anilines is 2. The Labute approximate surface area is 886 Å². The molecule has 8 saturated carbocycles. The van der Waals surface area contributed by atoms with Crippen LogP contribution in [-0.4, -0.2) is 151 Å². The average molecular weight is 2060 g/mol. The van der Waals surface area contributed by atoms with E-state index in [1.165, 1.54) is 77.0 Å². The molecule has 8 amide bonds. The van der Waals surface area contributed by atoms with E-state index in [0.717, 1.165) is 166 Å². The maximum Gasteiger partial charge on any atom is 0.412 e. The fraction of sp³-hybridized carbons (Fsp3) is 0.800. The smallest absolute Gasteiger partial charge is 0.412 e. The molecule has 8 aliphatic rings. The molecule has 2 aromatic rings. The molecule has 23 unspecified atom stereocenters. The molecule has 146 heavy (non-hydrogen) atoms. The molecule has 0 spiro atoms. The van der Waals surface area contributed by atoms with Gasteiger partial charge in [-0.3, -0.25) is 10.6 Å². The largest absolute Gasteiger partial charge is 0.495 e. The van der Waals surface area contributed by atoms with Crippen molar-refractivity contribution in [2.45, 2.75) is 468 Å². The van der Waals surface area contributed by atoms with E-state index in [1.807, 2.05) is 58.0 Å². The highest BCUT2D eigenvalue weighted by atomic mass is 16.6. The van der Waals surface area contributed by atoms with E-state index < -0.39 is 12.2 Å². The number of hydrogen-bond acceptors (Lipinski definition) is 18. The summed E-state index contributed by atoms with van der Waals surface area (Å²) in [5.41, 5.74) is 4.64. The first-order valence-electron chi connectivity index (χ1n) is 57.0. The average Bonchev–Trinajstić information content (AvgIpc) is 0.942. The van der Waals surface area contributed by atoms with E-state index >= 15 is 0 Å². The van der Waals surface area contributed by atoms with Gasteiger partial charge in [0.25, 0.3) is 0 Å². The zero-order valence-corrected chi connectivity index (χ0v) is 97.5. The fourth-order valence-corrected chi connectivity index (χ4v) is 22.9. The van der Waals surface area contributed by atoms with Crippen molar-refractivity contribution in [1.82, 2.24) is 31.9 Å². The molecule has 26 heteroatoms. The molecule has 0 saturated heterocycles. The Kier molecular flexibility index (Phi) is 62.5. The summed E-state index contributed by atoms with van der Waals surface area (Å²) in [5, 5.41) is 22.4. The van der Waals surface area contributed by atoms with Crippen LogP contribution in [0.2, 0.25) is 0 Å². The topological polar surface area (TPSA) is 325 Å². The van der Waals surface area contributed by atoms with Gasteiger partial charge in [-0.1, -0.05) is 260 Å². The summed E-state index contributed by atoms with van der Waals surface area (Å²) >= 11 is 0. The van der Waals surface area contributed by atoms with Gasteiger partial charge in [-0.15, -0.1) is 0 Å². The van der Waals surface area contributed by atoms with E-state index in [2.05, 4.69) is 229 Å². The normalized spacial score (nSPS) is 28.1. The number of para-hydroxylation sites is 4. The molecular formula is C120H212N8O18. The van der Waals surface area contributed by atoms with Crippen LogP contribution >= 0.6 is 0 Å². The van der Waals surface area contributed by atoms with Gasteiger partial charge in [0, 0.05) is 50.6 Å². The van der Waals surface area contributed by atoms with E-state index in [4.69, 9.17) is 47.4 Å².